The molecule has 0 aromatic carbocycles. The average molecular weight is 196 g/mol. The maximum Gasteiger partial charge on any atom is 0.330 e. The smallest absolute Gasteiger partial charge is 0.330 e. The average Bonchev–Trinajstić information content (AvgIpc) is 2.68. The topological polar surface area (TPSA) is 35.5 Å². The summed E-state index contributed by atoms with van der Waals surface area (Å²) in [6.07, 6.45) is 8.88. The molecule has 1 atom stereocenters. The van der Waals surface area contributed by atoms with Gasteiger partial charge in [0.1, 0.15) is 6.61 Å². The largest absolute Gasteiger partial charge is 0.460 e. The summed E-state index contributed by atoms with van der Waals surface area (Å²) in [5.74, 6) is -0.307. The molecule has 1 aliphatic rings. The van der Waals surface area contributed by atoms with Gasteiger partial charge in [-0.25, -0.2) is 4.79 Å². The number of allylic oxidation sites excluding steroid dienone is 3. The van der Waals surface area contributed by atoms with Gasteiger partial charge in [0.05, 0.1) is 6.10 Å². The molecule has 1 saturated heterocycles. The Balaban J connectivity index is 2.13. The van der Waals surface area contributed by atoms with Crippen molar-refractivity contribution < 1.29 is 14.3 Å². The van der Waals surface area contributed by atoms with Crippen LogP contribution in [0.2, 0.25) is 0 Å². The van der Waals surface area contributed by atoms with E-state index < -0.39 is 0 Å². The lowest BCUT2D eigenvalue weighted by atomic mass is 10.2. The quantitative estimate of drug-likeness (QED) is 0.391. The molecule has 0 aliphatic carbocycles. The maximum absolute atomic E-state index is 11.1. The molecule has 1 fully saturated rings. The first-order valence-corrected chi connectivity index (χ1v) is 4.90. The maximum atomic E-state index is 11.1. The van der Waals surface area contributed by atoms with Gasteiger partial charge in [-0.1, -0.05) is 18.2 Å². The SMILES string of the molecule is CC=CC=CC(=O)OCC1CCCO1. The van der Waals surface area contributed by atoms with Gasteiger partial charge in [-0.15, -0.1) is 0 Å². The second-order valence-electron chi connectivity index (χ2n) is 3.15. The lowest BCUT2D eigenvalue weighted by Crippen LogP contribution is -2.16. The van der Waals surface area contributed by atoms with E-state index >= 15 is 0 Å². The number of hydrogen-bond donors (Lipinski definition) is 0. The molecule has 3 heteroatoms. The minimum absolute atomic E-state index is 0.106. The summed E-state index contributed by atoms with van der Waals surface area (Å²) in [5, 5.41) is 0. The lowest BCUT2D eigenvalue weighted by molar-refractivity contribution is -0.140. The second-order valence-corrected chi connectivity index (χ2v) is 3.15. The number of carbonyl (C=O) groups excluding carboxylic acids is 1. The van der Waals surface area contributed by atoms with Crippen LogP contribution in [0.25, 0.3) is 0 Å². The minimum atomic E-state index is -0.307. The van der Waals surface area contributed by atoms with Crippen molar-refractivity contribution >= 4 is 5.97 Å². The Labute approximate surface area is 84.4 Å². The third-order valence-corrected chi connectivity index (χ3v) is 1.97. The van der Waals surface area contributed by atoms with Crippen LogP contribution < -0.4 is 0 Å². The van der Waals surface area contributed by atoms with Crippen LogP contribution in [0.4, 0.5) is 0 Å². The first kappa shape index (κ1) is 11.0. The van der Waals surface area contributed by atoms with Gasteiger partial charge in [-0.2, -0.15) is 0 Å². The van der Waals surface area contributed by atoms with Crippen molar-refractivity contribution in [2.24, 2.45) is 0 Å². The summed E-state index contributed by atoms with van der Waals surface area (Å²) < 4.78 is 10.3. The third-order valence-electron chi connectivity index (χ3n) is 1.97. The van der Waals surface area contributed by atoms with Crippen molar-refractivity contribution in [2.45, 2.75) is 25.9 Å². The molecule has 1 unspecified atom stereocenters. The van der Waals surface area contributed by atoms with Crippen LogP contribution in [0.15, 0.2) is 24.3 Å². The molecule has 78 valence electrons. The summed E-state index contributed by atoms with van der Waals surface area (Å²) in [7, 11) is 0. The van der Waals surface area contributed by atoms with E-state index in [1.54, 1.807) is 12.2 Å². The number of rotatable bonds is 4. The van der Waals surface area contributed by atoms with Gasteiger partial charge >= 0.3 is 5.97 Å². The number of carbonyl (C=O) groups is 1. The monoisotopic (exact) mass is 196 g/mol. The van der Waals surface area contributed by atoms with Gasteiger partial charge in [-0.3, -0.25) is 0 Å². The van der Waals surface area contributed by atoms with E-state index in [4.69, 9.17) is 9.47 Å². The molecule has 0 aromatic rings. The number of ether oxygens (including phenoxy) is 2. The van der Waals surface area contributed by atoms with Crippen molar-refractivity contribution in [1.29, 1.82) is 0 Å². The summed E-state index contributed by atoms with van der Waals surface area (Å²) in [6, 6.07) is 0. The highest BCUT2D eigenvalue weighted by Gasteiger charge is 2.16. The molecule has 0 amide bonds. The summed E-state index contributed by atoms with van der Waals surface area (Å²) in [4.78, 5) is 11.1. The van der Waals surface area contributed by atoms with Crippen molar-refractivity contribution in [1.82, 2.24) is 0 Å². The van der Waals surface area contributed by atoms with Crippen molar-refractivity contribution in [3.63, 3.8) is 0 Å². The van der Waals surface area contributed by atoms with Gasteiger partial charge in [0, 0.05) is 12.7 Å². The van der Waals surface area contributed by atoms with Crippen LogP contribution >= 0.6 is 0 Å². The molecule has 1 aliphatic heterocycles. The molecule has 0 aromatic heterocycles. The molecular weight excluding hydrogens is 180 g/mol. The summed E-state index contributed by atoms with van der Waals surface area (Å²) >= 11 is 0. The van der Waals surface area contributed by atoms with Crippen LogP contribution in [-0.4, -0.2) is 25.3 Å². The lowest BCUT2D eigenvalue weighted by Gasteiger charge is -2.07. The van der Waals surface area contributed by atoms with E-state index in [-0.39, 0.29) is 12.1 Å². The number of esters is 1. The minimum Gasteiger partial charge on any atom is -0.460 e. The Bertz CT molecular complexity index is 225. The van der Waals surface area contributed by atoms with Gasteiger partial charge in [0.2, 0.25) is 0 Å². The van der Waals surface area contributed by atoms with Crippen LogP contribution in [0.1, 0.15) is 19.8 Å². The molecule has 0 bridgehead atoms. The molecule has 0 spiro atoms. The van der Waals surface area contributed by atoms with Crippen molar-refractivity contribution in [2.75, 3.05) is 13.2 Å². The number of hydrogen-bond acceptors (Lipinski definition) is 3. The molecule has 1 heterocycles. The Hall–Kier alpha value is -1.09. The molecule has 3 nitrogen and oxygen atoms in total. The fraction of sp³-hybridized carbons (Fsp3) is 0.545. The zero-order chi connectivity index (χ0) is 10.2. The second kappa shape index (κ2) is 6.38. The highest BCUT2D eigenvalue weighted by atomic mass is 16.6. The van der Waals surface area contributed by atoms with Gasteiger partial charge < -0.3 is 9.47 Å². The zero-order valence-electron chi connectivity index (χ0n) is 8.44. The van der Waals surface area contributed by atoms with E-state index in [1.807, 2.05) is 13.0 Å². The molecular formula is C11H16O3. The summed E-state index contributed by atoms with van der Waals surface area (Å²) in [6.45, 7) is 3.05. The normalized spacial score (nSPS) is 22.2. The molecule has 0 saturated carbocycles. The van der Waals surface area contributed by atoms with Crippen molar-refractivity contribution in [3.8, 4) is 0 Å². The highest BCUT2D eigenvalue weighted by molar-refractivity contribution is 5.82. The molecule has 1 rings (SSSR count). The third kappa shape index (κ3) is 4.23. The Morgan fingerprint density at radius 2 is 2.43 bits per heavy atom. The van der Waals surface area contributed by atoms with Crippen LogP contribution in [0, 0.1) is 0 Å². The fourth-order valence-electron chi connectivity index (χ4n) is 1.24. The van der Waals surface area contributed by atoms with E-state index in [2.05, 4.69) is 0 Å². The first-order valence-electron chi connectivity index (χ1n) is 4.90. The van der Waals surface area contributed by atoms with E-state index in [0.29, 0.717) is 6.61 Å². The molecule has 14 heavy (non-hydrogen) atoms. The van der Waals surface area contributed by atoms with E-state index in [0.717, 1.165) is 19.4 Å². The van der Waals surface area contributed by atoms with Crippen molar-refractivity contribution in [3.05, 3.63) is 24.3 Å². The Kier molecular flexibility index (Phi) is 5.00. The zero-order valence-corrected chi connectivity index (χ0v) is 8.44. The fourth-order valence-corrected chi connectivity index (χ4v) is 1.24. The van der Waals surface area contributed by atoms with Crippen LogP contribution in [-0.2, 0) is 14.3 Å². The first-order chi connectivity index (χ1) is 6.83. The van der Waals surface area contributed by atoms with E-state index in [9.17, 15) is 4.79 Å². The van der Waals surface area contributed by atoms with Crippen LogP contribution in [0.5, 0.6) is 0 Å². The van der Waals surface area contributed by atoms with Gasteiger partial charge in [0.25, 0.3) is 0 Å². The molecule has 0 N–H and O–H groups in total. The predicted octanol–water partition coefficient (Wildman–Crippen LogP) is 1.84. The predicted molar refractivity (Wildman–Crippen MR) is 53.9 cm³/mol. The highest BCUT2D eigenvalue weighted by Crippen LogP contribution is 2.11. The van der Waals surface area contributed by atoms with Gasteiger partial charge in [0.15, 0.2) is 0 Å². The summed E-state index contributed by atoms with van der Waals surface area (Å²) in [5.41, 5.74) is 0. The Morgan fingerprint density at radius 1 is 1.57 bits per heavy atom. The molecule has 0 radical (unpaired) electrons. The Morgan fingerprint density at radius 3 is 3.07 bits per heavy atom. The van der Waals surface area contributed by atoms with E-state index in [1.165, 1.54) is 6.08 Å². The van der Waals surface area contributed by atoms with Crippen LogP contribution in [0.3, 0.4) is 0 Å². The standard InChI is InChI=1S/C11H16O3/c1-2-3-4-7-11(12)14-9-10-6-5-8-13-10/h2-4,7,10H,5-6,8-9H2,1H3. The van der Waals surface area contributed by atoms with Gasteiger partial charge in [-0.05, 0) is 19.8 Å².